The van der Waals surface area contributed by atoms with Crippen LogP contribution in [0.3, 0.4) is 0 Å². The first-order valence-electron chi connectivity index (χ1n) is 9.92. The maximum Gasteiger partial charge on any atom is 0.373 e. The summed E-state index contributed by atoms with van der Waals surface area (Å²) in [5.74, 6) is -0.315. The van der Waals surface area contributed by atoms with E-state index in [0.717, 1.165) is 14.9 Å². The minimum absolute atomic E-state index is 0.00725. The molecule has 0 bridgehead atoms. The highest BCUT2D eigenvalue weighted by Crippen LogP contribution is 2.25. The molecule has 0 atom stereocenters. The van der Waals surface area contributed by atoms with Crippen LogP contribution in [-0.2, 0) is 22.7 Å². The molecule has 2 heterocycles. The van der Waals surface area contributed by atoms with Crippen LogP contribution in [0, 0.1) is 0 Å². The molecule has 168 valence electrons. The lowest BCUT2D eigenvalue weighted by molar-refractivity contribution is -0.123. The van der Waals surface area contributed by atoms with Gasteiger partial charge in [0, 0.05) is 10.0 Å². The number of benzene rings is 2. The van der Waals surface area contributed by atoms with Gasteiger partial charge in [-0.2, -0.15) is 0 Å². The van der Waals surface area contributed by atoms with Crippen LogP contribution >= 0.6 is 15.9 Å². The molecule has 8 nitrogen and oxygen atoms in total. The Labute approximate surface area is 197 Å². The summed E-state index contributed by atoms with van der Waals surface area (Å²) >= 11 is 3.40. The molecule has 9 heteroatoms. The number of amides is 3. The van der Waals surface area contributed by atoms with Gasteiger partial charge in [0.05, 0.1) is 13.7 Å². The van der Waals surface area contributed by atoms with E-state index in [0.29, 0.717) is 17.9 Å². The molecule has 33 heavy (non-hydrogen) atoms. The van der Waals surface area contributed by atoms with Gasteiger partial charge in [0.1, 0.15) is 23.8 Å². The zero-order valence-corrected chi connectivity index (χ0v) is 19.1. The summed E-state index contributed by atoms with van der Waals surface area (Å²) < 4.78 is 16.9. The Kier molecular flexibility index (Phi) is 6.60. The summed E-state index contributed by atoms with van der Waals surface area (Å²) in [7, 11) is 1.24. The molecule has 0 saturated carbocycles. The summed E-state index contributed by atoms with van der Waals surface area (Å²) in [5, 5.41) is 2.57. The zero-order chi connectivity index (χ0) is 23.4. The fourth-order valence-corrected chi connectivity index (χ4v) is 3.44. The van der Waals surface area contributed by atoms with E-state index in [-0.39, 0.29) is 23.8 Å². The van der Waals surface area contributed by atoms with Crippen LogP contribution in [0.5, 0.6) is 5.75 Å². The SMILES string of the molecule is COC(=O)c1ccc(CN2C(=O)N/C(=C\c3ccccc3OCc3ccc(Br)cc3)C2=O)o1. The van der Waals surface area contributed by atoms with E-state index >= 15 is 0 Å². The number of nitrogens with one attached hydrogen (secondary N) is 1. The van der Waals surface area contributed by atoms with Crippen molar-refractivity contribution in [2.45, 2.75) is 13.2 Å². The first-order chi connectivity index (χ1) is 15.9. The minimum Gasteiger partial charge on any atom is -0.488 e. The van der Waals surface area contributed by atoms with Gasteiger partial charge in [-0.25, -0.2) is 9.59 Å². The second-order valence-electron chi connectivity index (χ2n) is 7.09. The van der Waals surface area contributed by atoms with Crippen molar-refractivity contribution in [2.75, 3.05) is 7.11 Å². The van der Waals surface area contributed by atoms with E-state index in [1.165, 1.54) is 19.2 Å². The number of hydrogen-bond donors (Lipinski definition) is 1. The Morgan fingerprint density at radius 1 is 1.09 bits per heavy atom. The molecule has 2 aromatic carbocycles. The number of carbonyl (C=O) groups excluding carboxylic acids is 3. The predicted octanol–water partition coefficient (Wildman–Crippen LogP) is 4.50. The van der Waals surface area contributed by atoms with Crippen molar-refractivity contribution in [1.29, 1.82) is 0 Å². The number of ether oxygens (including phenoxy) is 2. The third-order valence-electron chi connectivity index (χ3n) is 4.85. The lowest BCUT2D eigenvalue weighted by atomic mass is 10.1. The Hall–Kier alpha value is -3.85. The number of rotatable bonds is 7. The average molecular weight is 511 g/mol. The number of imide groups is 1. The molecule has 0 unspecified atom stereocenters. The fourth-order valence-electron chi connectivity index (χ4n) is 3.17. The van der Waals surface area contributed by atoms with E-state index < -0.39 is 17.9 Å². The van der Waals surface area contributed by atoms with E-state index in [1.54, 1.807) is 18.2 Å². The Bertz CT molecular complexity index is 1230. The van der Waals surface area contributed by atoms with Crippen molar-refractivity contribution in [3.63, 3.8) is 0 Å². The molecule has 1 aliphatic rings. The largest absolute Gasteiger partial charge is 0.488 e. The van der Waals surface area contributed by atoms with E-state index in [4.69, 9.17) is 9.15 Å². The van der Waals surface area contributed by atoms with Gasteiger partial charge in [0.25, 0.3) is 5.91 Å². The topological polar surface area (TPSA) is 98.1 Å². The van der Waals surface area contributed by atoms with Crippen LogP contribution in [0.4, 0.5) is 4.79 Å². The second kappa shape index (κ2) is 9.74. The number of esters is 1. The number of para-hydroxylation sites is 1. The molecule has 1 fully saturated rings. The predicted molar refractivity (Wildman–Crippen MR) is 122 cm³/mol. The Morgan fingerprint density at radius 2 is 1.85 bits per heavy atom. The lowest BCUT2D eigenvalue weighted by Gasteiger charge is -2.10. The van der Waals surface area contributed by atoms with Crippen LogP contribution < -0.4 is 10.1 Å². The molecule has 0 aliphatic carbocycles. The first-order valence-corrected chi connectivity index (χ1v) is 10.7. The molecule has 0 spiro atoms. The van der Waals surface area contributed by atoms with Crippen LogP contribution in [-0.4, -0.2) is 29.9 Å². The van der Waals surface area contributed by atoms with Crippen LogP contribution in [0.2, 0.25) is 0 Å². The smallest absolute Gasteiger partial charge is 0.373 e. The second-order valence-corrected chi connectivity index (χ2v) is 8.01. The molecular formula is C24H19BrN2O6. The van der Waals surface area contributed by atoms with Gasteiger partial charge in [0.15, 0.2) is 0 Å². The highest BCUT2D eigenvalue weighted by atomic mass is 79.9. The lowest BCUT2D eigenvalue weighted by Crippen LogP contribution is -2.30. The molecule has 1 N–H and O–H groups in total. The van der Waals surface area contributed by atoms with Gasteiger partial charge in [-0.1, -0.05) is 46.3 Å². The quantitative estimate of drug-likeness (QED) is 0.285. The summed E-state index contributed by atoms with van der Waals surface area (Å²) in [4.78, 5) is 37.8. The van der Waals surface area contributed by atoms with Gasteiger partial charge in [0.2, 0.25) is 5.76 Å². The minimum atomic E-state index is -0.640. The van der Waals surface area contributed by atoms with Gasteiger partial charge in [-0.15, -0.1) is 0 Å². The Balaban J connectivity index is 1.48. The molecule has 3 aromatic rings. The van der Waals surface area contributed by atoms with Gasteiger partial charge < -0.3 is 19.2 Å². The molecule has 1 saturated heterocycles. The summed E-state index contributed by atoms with van der Waals surface area (Å²) in [6, 6.07) is 17.3. The normalized spacial score (nSPS) is 14.5. The van der Waals surface area contributed by atoms with Crippen molar-refractivity contribution in [1.82, 2.24) is 10.2 Å². The number of hydrogen-bond acceptors (Lipinski definition) is 6. The number of halogens is 1. The number of nitrogens with zero attached hydrogens (tertiary/aromatic N) is 1. The van der Waals surface area contributed by atoms with Crippen molar-refractivity contribution in [3.8, 4) is 5.75 Å². The molecule has 4 rings (SSSR count). The number of furan rings is 1. The number of urea groups is 1. The van der Waals surface area contributed by atoms with Gasteiger partial charge >= 0.3 is 12.0 Å². The maximum atomic E-state index is 12.8. The fraction of sp³-hybridized carbons (Fsp3) is 0.125. The number of methoxy groups -OCH3 is 1. The van der Waals surface area contributed by atoms with Crippen molar-refractivity contribution in [2.24, 2.45) is 0 Å². The molecule has 1 aromatic heterocycles. The van der Waals surface area contributed by atoms with Gasteiger partial charge in [-0.05, 0) is 42.0 Å². The molecule has 3 amide bonds. The van der Waals surface area contributed by atoms with Crippen LogP contribution in [0.25, 0.3) is 6.08 Å². The third-order valence-corrected chi connectivity index (χ3v) is 5.38. The van der Waals surface area contributed by atoms with Gasteiger partial charge in [-0.3, -0.25) is 9.69 Å². The number of carbonyl (C=O) groups is 3. The van der Waals surface area contributed by atoms with E-state index in [1.807, 2.05) is 36.4 Å². The maximum absolute atomic E-state index is 12.8. The highest BCUT2D eigenvalue weighted by Gasteiger charge is 2.34. The summed E-state index contributed by atoms with van der Waals surface area (Å²) in [5.41, 5.74) is 1.74. The Morgan fingerprint density at radius 3 is 2.61 bits per heavy atom. The van der Waals surface area contributed by atoms with E-state index in [2.05, 4.69) is 26.0 Å². The monoisotopic (exact) mass is 510 g/mol. The standard InChI is InChI=1S/C24H19BrN2O6/c1-31-23(29)21-11-10-18(33-21)13-27-22(28)19(26-24(27)30)12-16-4-2-3-5-20(16)32-14-15-6-8-17(25)9-7-15/h2-12H,13-14H2,1H3,(H,26,30)/b19-12-. The van der Waals surface area contributed by atoms with Crippen molar-refractivity contribution in [3.05, 3.63) is 93.5 Å². The van der Waals surface area contributed by atoms with Crippen molar-refractivity contribution < 1.29 is 28.3 Å². The average Bonchev–Trinajstić information content (AvgIpc) is 3.39. The third kappa shape index (κ3) is 5.15. The van der Waals surface area contributed by atoms with Crippen LogP contribution in [0.15, 0.2) is 75.3 Å². The molecule has 1 aliphatic heterocycles. The molecule has 0 radical (unpaired) electrons. The highest BCUT2D eigenvalue weighted by molar-refractivity contribution is 9.10. The summed E-state index contributed by atoms with van der Waals surface area (Å²) in [6.07, 6.45) is 1.57. The first kappa shape index (κ1) is 22.3. The van der Waals surface area contributed by atoms with Crippen LogP contribution in [0.1, 0.15) is 27.4 Å². The summed E-state index contributed by atoms with van der Waals surface area (Å²) in [6.45, 7) is 0.224. The van der Waals surface area contributed by atoms with Crippen molar-refractivity contribution >= 4 is 39.9 Å². The van der Waals surface area contributed by atoms with E-state index in [9.17, 15) is 14.4 Å². The zero-order valence-electron chi connectivity index (χ0n) is 17.5. The molecular weight excluding hydrogens is 492 g/mol.